The van der Waals surface area contributed by atoms with Crippen molar-refractivity contribution in [2.75, 3.05) is 13.6 Å². The van der Waals surface area contributed by atoms with Crippen molar-refractivity contribution in [2.45, 2.75) is 44.9 Å². The van der Waals surface area contributed by atoms with Gasteiger partial charge in [0.2, 0.25) is 0 Å². The molecule has 1 aliphatic rings. The van der Waals surface area contributed by atoms with Gasteiger partial charge in [0.25, 0.3) is 0 Å². The Bertz CT molecular complexity index is 862. The molecule has 0 amide bonds. The number of hydrogen-bond donors (Lipinski definition) is 2. The van der Waals surface area contributed by atoms with E-state index in [1.165, 1.54) is 12.6 Å². The third-order valence-corrected chi connectivity index (χ3v) is 5.44. The molecule has 0 radical (unpaired) electrons. The predicted molar refractivity (Wildman–Crippen MR) is 109 cm³/mol. The number of hydrogen-bond acceptors (Lipinski definition) is 2. The largest absolute Gasteiger partial charge is 0.354 e. The third-order valence-electron chi connectivity index (χ3n) is 5.44. The Morgan fingerprint density at radius 3 is 2.37 bits per heavy atom. The number of rotatable bonds is 5. The average molecular weight is 422 g/mol. The van der Waals surface area contributed by atoms with Gasteiger partial charge < -0.3 is 10.6 Å². The Labute approximate surface area is 174 Å². The summed E-state index contributed by atoms with van der Waals surface area (Å²) < 4.78 is 54.4. The predicted octanol–water partition coefficient (Wildman–Crippen LogP) is 3.96. The standard InChI is InChI=1S/C22H26F4N4/c1-14-10-16(8-9-30(14)13-15-6-4-3-5-7-15)29-22(27-2)28-12-17-20(25)18(23)11-19(24)21(17)26/h3-7,11,14,16H,8-10,12-13H2,1-2H3,(H2,27,28,29). The molecule has 1 heterocycles. The first kappa shape index (κ1) is 22.1. The second-order valence-corrected chi connectivity index (χ2v) is 7.54. The van der Waals surface area contributed by atoms with E-state index in [1.54, 1.807) is 0 Å². The molecule has 2 aromatic rings. The van der Waals surface area contributed by atoms with Crippen molar-refractivity contribution in [1.29, 1.82) is 0 Å². The summed E-state index contributed by atoms with van der Waals surface area (Å²) >= 11 is 0. The lowest BCUT2D eigenvalue weighted by Gasteiger charge is -2.38. The molecule has 0 spiro atoms. The fourth-order valence-electron chi connectivity index (χ4n) is 3.74. The van der Waals surface area contributed by atoms with Crippen LogP contribution in [0.2, 0.25) is 0 Å². The van der Waals surface area contributed by atoms with E-state index in [4.69, 9.17) is 0 Å². The molecule has 2 N–H and O–H groups in total. The van der Waals surface area contributed by atoms with Crippen LogP contribution in [0.25, 0.3) is 0 Å². The maximum Gasteiger partial charge on any atom is 0.191 e. The smallest absolute Gasteiger partial charge is 0.191 e. The van der Waals surface area contributed by atoms with Gasteiger partial charge in [0, 0.05) is 50.4 Å². The Hall–Kier alpha value is -2.61. The van der Waals surface area contributed by atoms with E-state index in [-0.39, 0.29) is 12.1 Å². The van der Waals surface area contributed by atoms with Gasteiger partial charge in [0.05, 0.1) is 0 Å². The van der Waals surface area contributed by atoms with Gasteiger partial charge in [-0.2, -0.15) is 0 Å². The molecule has 162 valence electrons. The second kappa shape index (κ2) is 9.93. The Balaban J connectivity index is 1.55. The van der Waals surface area contributed by atoms with Crippen LogP contribution in [0, 0.1) is 23.3 Å². The summed E-state index contributed by atoms with van der Waals surface area (Å²) in [5, 5.41) is 5.99. The van der Waals surface area contributed by atoms with Crippen molar-refractivity contribution in [3.05, 3.63) is 70.8 Å². The molecule has 3 rings (SSSR count). The van der Waals surface area contributed by atoms with Crippen molar-refractivity contribution >= 4 is 5.96 Å². The van der Waals surface area contributed by atoms with Crippen molar-refractivity contribution < 1.29 is 17.6 Å². The fourth-order valence-corrected chi connectivity index (χ4v) is 3.74. The van der Waals surface area contributed by atoms with E-state index in [0.717, 1.165) is 25.9 Å². The Morgan fingerprint density at radius 1 is 1.10 bits per heavy atom. The SMILES string of the molecule is CN=C(NCc1c(F)c(F)cc(F)c1F)NC1CCN(Cc2ccccc2)C(C)C1. The van der Waals surface area contributed by atoms with Crippen LogP contribution in [0.5, 0.6) is 0 Å². The number of aliphatic imine (C=N–C) groups is 1. The molecule has 4 nitrogen and oxygen atoms in total. The van der Waals surface area contributed by atoms with E-state index in [9.17, 15) is 17.6 Å². The molecule has 8 heteroatoms. The van der Waals surface area contributed by atoms with Gasteiger partial charge in [-0.25, -0.2) is 17.6 Å². The van der Waals surface area contributed by atoms with Crippen LogP contribution in [0.3, 0.4) is 0 Å². The van der Waals surface area contributed by atoms with E-state index in [1.807, 2.05) is 18.2 Å². The molecule has 30 heavy (non-hydrogen) atoms. The van der Waals surface area contributed by atoms with Gasteiger partial charge in [-0.05, 0) is 25.3 Å². The first-order chi connectivity index (χ1) is 14.4. The number of likely N-dealkylation sites (tertiary alicyclic amines) is 1. The molecule has 1 saturated heterocycles. The van der Waals surface area contributed by atoms with Crippen LogP contribution in [0.1, 0.15) is 30.9 Å². The highest BCUT2D eigenvalue weighted by molar-refractivity contribution is 5.80. The van der Waals surface area contributed by atoms with Gasteiger partial charge in [0.15, 0.2) is 29.2 Å². The molecule has 0 saturated carbocycles. The van der Waals surface area contributed by atoms with Crippen LogP contribution in [0.15, 0.2) is 41.4 Å². The van der Waals surface area contributed by atoms with Crippen LogP contribution in [-0.2, 0) is 13.1 Å². The first-order valence-electron chi connectivity index (χ1n) is 9.96. The van der Waals surface area contributed by atoms with Crippen LogP contribution in [-0.4, -0.2) is 36.5 Å². The van der Waals surface area contributed by atoms with Crippen LogP contribution in [0.4, 0.5) is 17.6 Å². The number of nitrogens with one attached hydrogen (secondary N) is 2. The monoisotopic (exact) mass is 422 g/mol. The summed E-state index contributed by atoms with van der Waals surface area (Å²) in [6.07, 6.45) is 1.74. The van der Waals surface area contributed by atoms with Gasteiger partial charge in [-0.1, -0.05) is 30.3 Å². The molecule has 0 aromatic heterocycles. The highest BCUT2D eigenvalue weighted by Gasteiger charge is 2.26. The number of halogens is 4. The topological polar surface area (TPSA) is 39.7 Å². The van der Waals surface area contributed by atoms with Crippen molar-refractivity contribution in [1.82, 2.24) is 15.5 Å². The van der Waals surface area contributed by atoms with Crippen LogP contribution >= 0.6 is 0 Å². The molecule has 0 aliphatic carbocycles. The molecular formula is C22H26F4N4. The number of piperidine rings is 1. The van der Waals surface area contributed by atoms with E-state index in [2.05, 4.69) is 39.6 Å². The minimum Gasteiger partial charge on any atom is -0.354 e. The third kappa shape index (κ3) is 5.30. The lowest BCUT2D eigenvalue weighted by Crippen LogP contribution is -2.51. The van der Waals surface area contributed by atoms with Crippen molar-refractivity contribution in [3.63, 3.8) is 0 Å². The average Bonchev–Trinajstić information content (AvgIpc) is 2.74. The maximum atomic E-state index is 13.8. The quantitative estimate of drug-likeness (QED) is 0.332. The summed E-state index contributed by atoms with van der Waals surface area (Å²) in [4.78, 5) is 6.47. The van der Waals surface area contributed by atoms with Gasteiger partial charge in [-0.3, -0.25) is 9.89 Å². The Morgan fingerprint density at radius 2 is 1.77 bits per heavy atom. The number of benzene rings is 2. The highest BCUT2D eigenvalue weighted by atomic mass is 19.2. The number of guanidine groups is 1. The van der Waals surface area contributed by atoms with Gasteiger partial charge >= 0.3 is 0 Å². The van der Waals surface area contributed by atoms with E-state index >= 15 is 0 Å². The minimum absolute atomic E-state index is 0.122. The van der Waals surface area contributed by atoms with E-state index < -0.39 is 35.4 Å². The molecule has 1 fully saturated rings. The van der Waals surface area contributed by atoms with Gasteiger partial charge in [0.1, 0.15) is 0 Å². The second-order valence-electron chi connectivity index (χ2n) is 7.54. The Kier molecular flexibility index (Phi) is 7.31. The zero-order chi connectivity index (χ0) is 21.7. The lowest BCUT2D eigenvalue weighted by atomic mass is 9.97. The van der Waals surface area contributed by atoms with Crippen molar-refractivity contribution in [3.8, 4) is 0 Å². The molecule has 2 aromatic carbocycles. The maximum absolute atomic E-state index is 13.8. The van der Waals surface area contributed by atoms with Crippen molar-refractivity contribution in [2.24, 2.45) is 4.99 Å². The summed E-state index contributed by atoms with van der Waals surface area (Å²) in [7, 11) is 1.53. The van der Waals surface area contributed by atoms with Crippen LogP contribution < -0.4 is 10.6 Å². The summed E-state index contributed by atoms with van der Waals surface area (Å²) in [6, 6.07) is 10.9. The minimum atomic E-state index is -1.42. The number of nitrogens with zero attached hydrogens (tertiary/aromatic N) is 2. The molecule has 2 atom stereocenters. The molecule has 0 bridgehead atoms. The highest BCUT2D eigenvalue weighted by Crippen LogP contribution is 2.21. The normalized spacial score (nSPS) is 20.3. The molecule has 2 unspecified atom stereocenters. The molecular weight excluding hydrogens is 396 g/mol. The summed E-state index contributed by atoms with van der Waals surface area (Å²) in [5.74, 6) is -5.33. The summed E-state index contributed by atoms with van der Waals surface area (Å²) in [6.45, 7) is 3.51. The summed E-state index contributed by atoms with van der Waals surface area (Å²) in [5.41, 5.74) is 0.570. The zero-order valence-corrected chi connectivity index (χ0v) is 17.1. The molecule has 1 aliphatic heterocycles. The van der Waals surface area contributed by atoms with Gasteiger partial charge in [-0.15, -0.1) is 0 Å². The lowest BCUT2D eigenvalue weighted by molar-refractivity contribution is 0.134. The first-order valence-corrected chi connectivity index (χ1v) is 9.96. The van der Waals surface area contributed by atoms with E-state index in [0.29, 0.717) is 12.0 Å². The fraction of sp³-hybridized carbons (Fsp3) is 0.409. The zero-order valence-electron chi connectivity index (χ0n) is 17.1.